The molecule has 1 N–H and O–H groups in total. The van der Waals surface area contributed by atoms with Crippen LogP contribution in [-0.4, -0.2) is 60.5 Å². The molecule has 1 saturated carbocycles. The highest BCUT2D eigenvalue weighted by atomic mass is 35.5. The van der Waals surface area contributed by atoms with Gasteiger partial charge in [0.2, 0.25) is 5.91 Å². The summed E-state index contributed by atoms with van der Waals surface area (Å²) in [7, 11) is 3.64. The number of rotatable bonds is 7. The number of aliphatic carboxylic acids is 1. The summed E-state index contributed by atoms with van der Waals surface area (Å²) in [6.07, 6.45) is 6.43. The van der Waals surface area contributed by atoms with Gasteiger partial charge < -0.3 is 10.0 Å². The molecule has 1 rings (SSSR count). The quantitative estimate of drug-likeness (QED) is 0.780. The van der Waals surface area contributed by atoms with Gasteiger partial charge in [-0.3, -0.25) is 14.5 Å². The normalized spacial score (nSPS) is 15.8. The van der Waals surface area contributed by atoms with Crippen molar-refractivity contribution in [3.05, 3.63) is 0 Å². The molecule has 20 heavy (non-hydrogen) atoms. The van der Waals surface area contributed by atoms with Crippen LogP contribution in [0.4, 0.5) is 0 Å². The maximum Gasteiger partial charge on any atom is 0.304 e. The Morgan fingerprint density at radius 2 is 1.75 bits per heavy atom. The minimum Gasteiger partial charge on any atom is -0.481 e. The zero-order valence-corrected chi connectivity index (χ0v) is 13.3. The number of halogens is 1. The molecule has 1 amide bonds. The highest BCUT2D eigenvalue weighted by molar-refractivity contribution is 5.85. The zero-order chi connectivity index (χ0) is 14.3. The number of carbonyl (C=O) groups is 2. The zero-order valence-electron chi connectivity index (χ0n) is 12.5. The van der Waals surface area contributed by atoms with Crippen molar-refractivity contribution < 1.29 is 14.7 Å². The van der Waals surface area contributed by atoms with E-state index in [2.05, 4.69) is 0 Å². The van der Waals surface area contributed by atoms with Gasteiger partial charge in [0.25, 0.3) is 0 Å². The Balaban J connectivity index is 0.00000361. The van der Waals surface area contributed by atoms with Crippen molar-refractivity contribution in [2.75, 3.05) is 33.7 Å². The van der Waals surface area contributed by atoms with Crippen LogP contribution >= 0.6 is 12.4 Å². The minimum absolute atomic E-state index is 0. The second kappa shape index (κ2) is 10.00. The fourth-order valence-corrected chi connectivity index (χ4v) is 2.58. The Hall–Kier alpha value is -0.810. The van der Waals surface area contributed by atoms with E-state index in [1.807, 2.05) is 7.05 Å². The van der Waals surface area contributed by atoms with E-state index in [1.165, 1.54) is 32.1 Å². The molecular weight excluding hydrogens is 280 g/mol. The van der Waals surface area contributed by atoms with E-state index in [1.54, 1.807) is 16.8 Å². The van der Waals surface area contributed by atoms with Gasteiger partial charge in [-0.15, -0.1) is 12.4 Å². The molecule has 0 spiro atoms. The predicted molar refractivity (Wildman–Crippen MR) is 81.2 cm³/mol. The lowest BCUT2D eigenvalue weighted by atomic mass is 9.89. The van der Waals surface area contributed by atoms with Crippen LogP contribution in [0.5, 0.6) is 0 Å². The number of hydrogen-bond acceptors (Lipinski definition) is 3. The van der Waals surface area contributed by atoms with Gasteiger partial charge in [-0.25, -0.2) is 0 Å². The van der Waals surface area contributed by atoms with Gasteiger partial charge in [0.15, 0.2) is 0 Å². The van der Waals surface area contributed by atoms with Gasteiger partial charge in [-0.2, -0.15) is 0 Å². The molecule has 1 fully saturated rings. The predicted octanol–water partition coefficient (Wildman–Crippen LogP) is 1.85. The molecule has 118 valence electrons. The lowest BCUT2D eigenvalue weighted by Crippen LogP contribution is -2.39. The van der Waals surface area contributed by atoms with Crippen LogP contribution in [0.2, 0.25) is 0 Å². The first-order valence-corrected chi connectivity index (χ1v) is 7.13. The van der Waals surface area contributed by atoms with E-state index in [4.69, 9.17) is 5.11 Å². The maximum absolute atomic E-state index is 12.0. The van der Waals surface area contributed by atoms with E-state index < -0.39 is 5.97 Å². The fraction of sp³-hybridized carbons (Fsp3) is 0.857. The van der Waals surface area contributed by atoms with E-state index in [-0.39, 0.29) is 24.7 Å². The first kappa shape index (κ1) is 19.2. The standard InChI is InChI=1S/C14H26N2O3.ClH/c1-15(9-8-14(18)19)11-13(17)16(2)10-12-6-4-3-5-7-12;/h12H,3-11H2,1-2H3,(H,18,19);1H. The molecule has 1 aliphatic carbocycles. The topological polar surface area (TPSA) is 60.9 Å². The number of hydrogen-bond donors (Lipinski definition) is 1. The molecule has 0 unspecified atom stereocenters. The second-order valence-corrected chi connectivity index (χ2v) is 5.66. The smallest absolute Gasteiger partial charge is 0.304 e. The monoisotopic (exact) mass is 306 g/mol. The lowest BCUT2D eigenvalue weighted by molar-refractivity contribution is -0.138. The molecule has 0 aromatic heterocycles. The third kappa shape index (κ3) is 7.70. The van der Waals surface area contributed by atoms with Gasteiger partial charge in [0.05, 0.1) is 13.0 Å². The Morgan fingerprint density at radius 3 is 2.30 bits per heavy atom. The number of likely N-dealkylation sites (N-methyl/N-ethyl adjacent to an activating group) is 2. The fourth-order valence-electron chi connectivity index (χ4n) is 2.58. The summed E-state index contributed by atoms with van der Waals surface area (Å²) >= 11 is 0. The highest BCUT2D eigenvalue weighted by Gasteiger charge is 2.19. The number of carbonyl (C=O) groups excluding carboxylic acids is 1. The molecule has 0 aromatic rings. The molecule has 5 nitrogen and oxygen atoms in total. The third-order valence-corrected chi connectivity index (χ3v) is 3.80. The summed E-state index contributed by atoms with van der Waals surface area (Å²) in [5.74, 6) is -0.0969. The van der Waals surface area contributed by atoms with Crippen molar-refractivity contribution in [2.45, 2.75) is 38.5 Å². The van der Waals surface area contributed by atoms with Crippen molar-refractivity contribution in [3.63, 3.8) is 0 Å². The summed E-state index contributed by atoms with van der Waals surface area (Å²) in [4.78, 5) is 26.0. The van der Waals surface area contributed by atoms with E-state index >= 15 is 0 Å². The molecule has 0 saturated heterocycles. The van der Waals surface area contributed by atoms with Crippen molar-refractivity contribution in [2.24, 2.45) is 5.92 Å². The van der Waals surface area contributed by atoms with Crippen molar-refractivity contribution >= 4 is 24.3 Å². The number of carboxylic acid groups (broad SMARTS) is 1. The molecule has 0 radical (unpaired) electrons. The van der Waals surface area contributed by atoms with Crippen LogP contribution in [0.3, 0.4) is 0 Å². The molecule has 6 heteroatoms. The third-order valence-electron chi connectivity index (χ3n) is 3.80. The molecular formula is C14H27ClN2O3. The van der Waals surface area contributed by atoms with Crippen LogP contribution < -0.4 is 0 Å². The average Bonchev–Trinajstić information content (AvgIpc) is 2.37. The number of amides is 1. The van der Waals surface area contributed by atoms with Crippen LogP contribution in [0, 0.1) is 5.92 Å². The second-order valence-electron chi connectivity index (χ2n) is 5.66. The lowest BCUT2D eigenvalue weighted by Gasteiger charge is -2.28. The van der Waals surface area contributed by atoms with Crippen LogP contribution in [0.25, 0.3) is 0 Å². The van der Waals surface area contributed by atoms with Gasteiger partial charge in [-0.1, -0.05) is 19.3 Å². The van der Waals surface area contributed by atoms with E-state index in [0.717, 1.165) is 6.54 Å². The number of nitrogens with zero attached hydrogens (tertiary/aromatic N) is 2. The SMILES string of the molecule is CN(CCC(=O)O)CC(=O)N(C)CC1CCCCC1.Cl. The largest absolute Gasteiger partial charge is 0.481 e. The van der Waals surface area contributed by atoms with Crippen molar-refractivity contribution in [1.82, 2.24) is 9.80 Å². The van der Waals surface area contributed by atoms with E-state index in [9.17, 15) is 9.59 Å². The maximum atomic E-state index is 12.0. The average molecular weight is 307 g/mol. The Kier molecular flexibility index (Phi) is 9.59. The van der Waals surface area contributed by atoms with Gasteiger partial charge >= 0.3 is 5.97 Å². The van der Waals surface area contributed by atoms with Gasteiger partial charge in [-0.05, 0) is 25.8 Å². The minimum atomic E-state index is -0.824. The van der Waals surface area contributed by atoms with E-state index in [0.29, 0.717) is 19.0 Å². The molecule has 0 heterocycles. The molecule has 0 bridgehead atoms. The van der Waals surface area contributed by atoms with Crippen molar-refractivity contribution in [3.8, 4) is 0 Å². The summed E-state index contributed by atoms with van der Waals surface area (Å²) in [6.45, 7) is 1.56. The molecule has 0 atom stereocenters. The Bertz CT molecular complexity index is 307. The van der Waals surface area contributed by atoms with Crippen molar-refractivity contribution in [1.29, 1.82) is 0 Å². The number of carboxylic acids is 1. The summed E-state index contributed by atoms with van der Waals surface area (Å²) in [6, 6.07) is 0. The van der Waals surface area contributed by atoms with Gasteiger partial charge in [0.1, 0.15) is 0 Å². The summed E-state index contributed by atoms with van der Waals surface area (Å²) in [5, 5.41) is 8.60. The Morgan fingerprint density at radius 1 is 1.15 bits per heavy atom. The first-order chi connectivity index (χ1) is 8.99. The summed E-state index contributed by atoms with van der Waals surface area (Å²) in [5.41, 5.74) is 0. The molecule has 0 aliphatic heterocycles. The molecule has 0 aromatic carbocycles. The molecule has 1 aliphatic rings. The Labute approximate surface area is 127 Å². The highest BCUT2D eigenvalue weighted by Crippen LogP contribution is 2.24. The van der Waals surface area contributed by atoms with Crippen LogP contribution in [0.1, 0.15) is 38.5 Å². The summed E-state index contributed by atoms with van der Waals surface area (Å²) < 4.78 is 0. The first-order valence-electron chi connectivity index (χ1n) is 7.13. The van der Waals surface area contributed by atoms with Gasteiger partial charge in [0, 0.05) is 20.1 Å². The van der Waals surface area contributed by atoms with Crippen LogP contribution in [-0.2, 0) is 9.59 Å². The van der Waals surface area contributed by atoms with Crippen LogP contribution in [0.15, 0.2) is 0 Å².